The minimum atomic E-state index is -1.21. The fraction of sp³-hybridized carbons (Fsp3) is 0.375. The molecule has 0 spiro atoms. The highest BCUT2D eigenvalue weighted by Crippen LogP contribution is 2.35. The van der Waals surface area contributed by atoms with Crippen LogP contribution in [-0.2, 0) is 18.0 Å². The van der Waals surface area contributed by atoms with Gasteiger partial charge in [0.25, 0.3) is 5.91 Å². The second-order valence-corrected chi connectivity index (χ2v) is 15.3. The van der Waals surface area contributed by atoms with Gasteiger partial charge in [-0.25, -0.2) is 9.36 Å². The zero-order valence-corrected chi connectivity index (χ0v) is 20.4. The first kappa shape index (κ1) is 23.0. The Bertz CT molecular complexity index is 1290. The van der Waals surface area contributed by atoms with Gasteiger partial charge in [-0.15, -0.1) is 0 Å². The van der Waals surface area contributed by atoms with E-state index in [1.807, 2.05) is 19.1 Å². The number of rotatable bonds is 8. The minimum absolute atomic E-state index is 0.108. The van der Waals surface area contributed by atoms with Crippen molar-refractivity contribution in [2.24, 2.45) is 5.73 Å². The maximum Gasteiger partial charge on any atom is 0.421 e. The van der Waals surface area contributed by atoms with Gasteiger partial charge in [0, 0.05) is 32.4 Å². The third kappa shape index (κ3) is 4.65. The van der Waals surface area contributed by atoms with E-state index in [-0.39, 0.29) is 18.7 Å². The van der Waals surface area contributed by atoms with Crippen LogP contribution in [0.4, 0.5) is 0 Å². The lowest BCUT2D eigenvalue weighted by atomic mass is 10.0. The first-order chi connectivity index (χ1) is 15.5. The molecule has 1 atom stereocenters. The maximum absolute atomic E-state index is 13.0. The first-order valence-electron chi connectivity index (χ1n) is 11.0. The number of hydrogen-bond donors (Lipinski definition) is 1. The molecule has 0 fully saturated rings. The molecule has 4 rings (SSSR count). The van der Waals surface area contributed by atoms with Gasteiger partial charge in [0.05, 0.1) is 11.6 Å². The molecule has 3 aromatic rings. The number of carbonyl (C=O) groups is 2. The van der Waals surface area contributed by atoms with E-state index < -0.39 is 19.7 Å². The summed E-state index contributed by atoms with van der Waals surface area (Å²) in [7, 11) is -1.21. The predicted octanol–water partition coefficient (Wildman–Crippen LogP) is 3.72. The molecule has 0 saturated carbocycles. The van der Waals surface area contributed by atoms with Gasteiger partial charge in [0.1, 0.15) is 6.73 Å². The molecular weight excluding hydrogens is 438 g/mol. The maximum atomic E-state index is 13.0. The molecule has 2 amide bonds. The SMILES string of the molecule is CC1c2cc(C(N)=O)ccc2C(=O)N1Cc1ccc2c(c1)oc(=O)n2COCC[Si](C)(C)C. The topological polar surface area (TPSA) is 108 Å². The summed E-state index contributed by atoms with van der Waals surface area (Å²) in [6, 6.07) is 11.2. The number of ether oxygens (including phenoxy) is 1. The number of oxazole rings is 1. The largest absolute Gasteiger partial charge is 0.421 e. The molecule has 1 aromatic heterocycles. The number of fused-ring (bicyclic) bond motifs is 2. The number of benzene rings is 2. The summed E-state index contributed by atoms with van der Waals surface area (Å²) >= 11 is 0. The van der Waals surface area contributed by atoms with Crippen molar-refractivity contribution >= 4 is 31.0 Å². The Morgan fingerprint density at radius 3 is 2.61 bits per heavy atom. The van der Waals surface area contributed by atoms with Gasteiger partial charge in [-0.3, -0.25) is 9.59 Å². The first-order valence-corrected chi connectivity index (χ1v) is 14.7. The van der Waals surface area contributed by atoms with E-state index in [4.69, 9.17) is 14.9 Å². The Morgan fingerprint density at radius 2 is 1.91 bits per heavy atom. The molecule has 0 bridgehead atoms. The third-order valence-corrected chi connectivity index (χ3v) is 7.75. The summed E-state index contributed by atoms with van der Waals surface area (Å²) in [5, 5.41) is 0. The van der Waals surface area contributed by atoms with Gasteiger partial charge < -0.3 is 19.8 Å². The van der Waals surface area contributed by atoms with Crippen LogP contribution < -0.4 is 11.5 Å². The molecule has 1 aliphatic rings. The van der Waals surface area contributed by atoms with E-state index in [0.717, 1.165) is 17.2 Å². The Hall–Kier alpha value is -3.17. The number of carbonyl (C=O) groups excluding carboxylic acids is 2. The predicted molar refractivity (Wildman–Crippen MR) is 128 cm³/mol. The van der Waals surface area contributed by atoms with Crippen molar-refractivity contribution in [1.82, 2.24) is 9.47 Å². The van der Waals surface area contributed by atoms with E-state index in [1.54, 1.807) is 29.2 Å². The molecule has 9 heteroatoms. The molecule has 1 unspecified atom stereocenters. The smallest absolute Gasteiger partial charge is 0.408 e. The van der Waals surface area contributed by atoms with Crippen molar-refractivity contribution in [3.8, 4) is 0 Å². The molecule has 0 saturated heterocycles. The molecule has 174 valence electrons. The van der Waals surface area contributed by atoms with Gasteiger partial charge >= 0.3 is 5.76 Å². The van der Waals surface area contributed by atoms with Gasteiger partial charge in [0.15, 0.2) is 5.58 Å². The Balaban J connectivity index is 1.51. The monoisotopic (exact) mass is 467 g/mol. The summed E-state index contributed by atoms with van der Waals surface area (Å²) in [4.78, 5) is 38.5. The van der Waals surface area contributed by atoms with Crippen LogP contribution in [0.2, 0.25) is 25.7 Å². The van der Waals surface area contributed by atoms with Crippen molar-refractivity contribution in [1.29, 1.82) is 0 Å². The van der Waals surface area contributed by atoms with Crippen LogP contribution in [0.3, 0.4) is 0 Å². The van der Waals surface area contributed by atoms with Gasteiger partial charge in [-0.05, 0) is 54.4 Å². The lowest BCUT2D eigenvalue weighted by Gasteiger charge is -2.22. The third-order valence-electron chi connectivity index (χ3n) is 6.05. The average molecular weight is 468 g/mol. The van der Waals surface area contributed by atoms with Crippen LogP contribution in [-0.4, -0.2) is 36.0 Å². The number of aromatic nitrogens is 1. The molecule has 0 aliphatic carbocycles. The van der Waals surface area contributed by atoms with Gasteiger partial charge in [-0.1, -0.05) is 25.7 Å². The van der Waals surface area contributed by atoms with Crippen LogP contribution in [0.15, 0.2) is 45.6 Å². The minimum Gasteiger partial charge on any atom is -0.408 e. The lowest BCUT2D eigenvalue weighted by molar-refractivity contribution is 0.0722. The zero-order chi connectivity index (χ0) is 23.9. The van der Waals surface area contributed by atoms with Crippen LogP contribution in [0.1, 0.15) is 44.8 Å². The standard InChI is InChI=1S/C24H29N3O5Si/c1-15-19-12-17(22(25)28)6-7-18(19)23(29)26(15)13-16-5-8-20-21(11-16)32-24(30)27(20)14-31-9-10-33(2,3)4/h5-8,11-12,15H,9-10,13-14H2,1-4H3,(H2,25,28). The molecule has 0 radical (unpaired) electrons. The van der Waals surface area contributed by atoms with Crippen molar-refractivity contribution in [3.05, 3.63) is 69.2 Å². The normalized spacial score (nSPS) is 15.9. The Labute approximate surface area is 192 Å². The molecule has 1 aliphatic heterocycles. The Morgan fingerprint density at radius 1 is 1.15 bits per heavy atom. The van der Waals surface area contributed by atoms with Crippen LogP contribution in [0.5, 0.6) is 0 Å². The van der Waals surface area contributed by atoms with Gasteiger partial charge in [0.2, 0.25) is 5.91 Å². The van der Waals surface area contributed by atoms with Gasteiger partial charge in [-0.2, -0.15) is 0 Å². The number of primary amides is 1. The molecule has 33 heavy (non-hydrogen) atoms. The number of hydrogen-bond acceptors (Lipinski definition) is 5. The average Bonchev–Trinajstić information content (AvgIpc) is 3.18. The number of amides is 2. The molecular formula is C24H29N3O5Si. The van der Waals surface area contributed by atoms with Crippen molar-refractivity contribution in [2.75, 3.05) is 6.61 Å². The molecule has 2 aromatic carbocycles. The number of nitrogens with two attached hydrogens (primary N) is 1. The summed E-state index contributed by atoms with van der Waals surface area (Å²) < 4.78 is 12.6. The summed E-state index contributed by atoms with van der Waals surface area (Å²) in [5.41, 5.74) is 9.08. The highest BCUT2D eigenvalue weighted by Gasteiger charge is 2.34. The van der Waals surface area contributed by atoms with Crippen molar-refractivity contribution < 1.29 is 18.7 Å². The highest BCUT2D eigenvalue weighted by molar-refractivity contribution is 6.76. The van der Waals surface area contributed by atoms with E-state index in [1.165, 1.54) is 4.57 Å². The lowest BCUT2D eigenvalue weighted by Crippen LogP contribution is -2.26. The molecule has 2 N–H and O–H groups in total. The summed E-state index contributed by atoms with van der Waals surface area (Å²) in [5.74, 6) is -1.10. The van der Waals surface area contributed by atoms with Crippen molar-refractivity contribution in [3.63, 3.8) is 0 Å². The van der Waals surface area contributed by atoms with E-state index >= 15 is 0 Å². The summed E-state index contributed by atoms with van der Waals surface area (Å²) in [6.45, 7) is 9.85. The van der Waals surface area contributed by atoms with Crippen LogP contribution in [0.25, 0.3) is 11.1 Å². The fourth-order valence-corrected chi connectivity index (χ4v) is 4.78. The number of nitrogens with zero attached hydrogens (tertiary/aromatic N) is 2. The van der Waals surface area contributed by atoms with Crippen LogP contribution >= 0.6 is 0 Å². The van der Waals surface area contributed by atoms with Crippen LogP contribution in [0, 0.1) is 0 Å². The fourth-order valence-electron chi connectivity index (χ4n) is 4.03. The second-order valence-electron chi connectivity index (χ2n) is 9.72. The summed E-state index contributed by atoms with van der Waals surface area (Å²) in [6.07, 6.45) is 0. The second kappa shape index (κ2) is 8.64. The van der Waals surface area contributed by atoms with E-state index in [9.17, 15) is 14.4 Å². The zero-order valence-electron chi connectivity index (χ0n) is 19.4. The Kier molecular flexibility index (Phi) is 6.02. The van der Waals surface area contributed by atoms with E-state index in [0.29, 0.717) is 35.4 Å². The molecule has 2 heterocycles. The van der Waals surface area contributed by atoms with E-state index in [2.05, 4.69) is 19.6 Å². The van der Waals surface area contributed by atoms with Crippen molar-refractivity contribution in [2.45, 2.75) is 51.9 Å². The highest BCUT2D eigenvalue weighted by atomic mass is 28.3. The quantitative estimate of drug-likeness (QED) is 0.401. The molecule has 8 nitrogen and oxygen atoms in total.